The number of fused-ring (bicyclic) bond motifs is 4. The van der Waals surface area contributed by atoms with Crippen molar-refractivity contribution in [2.24, 2.45) is 0 Å². The van der Waals surface area contributed by atoms with Crippen molar-refractivity contribution in [3.63, 3.8) is 0 Å². The highest BCUT2D eigenvalue weighted by molar-refractivity contribution is 6.01. The smallest absolute Gasteiger partial charge is 0.309 e. The van der Waals surface area contributed by atoms with Gasteiger partial charge in [0.2, 0.25) is 0 Å². The Morgan fingerprint density at radius 1 is 0.413 bits per heavy atom. The Labute approximate surface area is 373 Å². The number of rotatable bonds is 3. The lowest BCUT2D eigenvalue weighted by Gasteiger charge is -2.43. The van der Waals surface area contributed by atoms with Crippen molar-refractivity contribution in [3.8, 4) is 17.2 Å². The van der Waals surface area contributed by atoms with Gasteiger partial charge in [-0.1, -0.05) is 6.07 Å². The molecule has 8 rings (SSSR count). The highest BCUT2D eigenvalue weighted by Gasteiger charge is 2.39. The molecule has 0 aliphatic carbocycles. The molecule has 0 saturated carbocycles. The minimum Gasteiger partial charge on any atom is -0.309 e. The van der Waals surface area contributed by atoms with E-state index in [2.05, 4.69) is 140 Å². The number of benzene rings is 6. The van der Waals surface area contributed by atoms with Crippen molar-refractivity contribution >= 4 is 34.1 Å². The fourth-order valence-electron chi connectivity index (χ4n) is 11.1. The summed E-state index contributed by atoms with van der Waals surface area (Å²) in [5.41, 5.74) is 32.3. The molecule has 324 valence electrons. The molecule has 6 heteroatoms. The van der Waals surface area contributed by atoms with Crippen molar-refractivity contribution in [2.75, 3.05) is 9.80 Å². The quantitative estimate of drug-likeness (QED) is 0.177. The zero-order valence-corrected chi connectivity index (χ0v) is 40.3. The lowest BCUT2D eigenvalue weighted by atomic mass is 9.79. The summed E-state index contributed by atoms with van der Waals surface area (Å²) in [6.07, 6.45) is -3.08. The summed E-state index contributed by atoms with van der Waals surface area (Å²) in [6, 6.07) is 10.0. The molecule has 0 N–H and O–H groups in total. The van der Waals surface area contributed by atoms with E-state index in [1.54, 1.807) is 6.07 Å². The molecule has 0 saturated heterocycles. The van der Waals surface area contributed by atoms with Crippen LogP contribution in [0.25, 0.3) is 11.1 Å². The Morgan fingerprint density at radius 3 is 1.11 bits per heavy atom. The molecule has 6 aromatic rings. The fraction of sp³-hybridized carbons (Fsp3) is 0.351. The van der Waals surface area contributed by atoms with Crippen LogP contribution in [0, 0.1) is 129 Å². The standard InChI is InChI=1S/C57H60F3N3/c1-26-30(5)38(13)52-47(34(26)9)23-48-35(10)27(2)31(6)39(14)53(48)62(52)51-19-18-46(44-20-43(25-61)21-45(22-44)57(58,59)60)56(42(51)17)63-54-40(15)32(7)28(3)36(11)49(54)24-50-37(12)29(4)33(8)41(16)55(50)63/h18-22H,23-24H2,1-17H3. The second-order valence-electron chi connectivity index (χ2n) is 18.8. The van der Waals surface area contributed by atoms with Crippen LogP contribution in [0.15, 0.2) is 30.3 Å². The van der Waals surface area contributed by atoms with Crippen molar-refractivity contribution in [3.05, 3.63) is 158 Å². The van der Waals surface area contributed by atoms with Gasteiger partial charge >= 0.3 is 6.18 Å². The van der Waals surface area contributed by atoms with Gasteiger partial charge in [0, 0.05) is 18.4 Å². The topological polar surface area (TPSA) is 30.3 Å². The van der Waals surface area contributed by atoms with Crippen LogP contribution in [0.2, 0.25) is 0 Å². The zero-order valence-electron chi connectivity index (χ0n) is 40.3. The van der Waals surface area contributed by atoms with Crippen molar-refractivity contribution in [2.45, 2.75) is 137 Å². The van der Waals surface area contributed by atoms with Gasteiger partial charge in [0.15, 0.2) is 0 Å². The maximum absolute atomic E-state index is 14.8. The van der Waals surface area contributed by atoms with E-state index in [0.717, 1.165) is 58.3 Å². The predicted molar refractivity (Wildman–Crippen MR) is 257 cm³/mol. The molecule has 6 aromatic carbocycles. The summed E-state index contributed by atoms with van der Waals surface area (Å²) in [7, 11) is 0. The van der Waals surface area contributed by atoms with Gasteiger partial charge in [-0.25, -0.2) is 0 Å². The van der Waals surface area contributed by atoms with E-state index in [0.29, 0.717) is 11.1 Å². The maximum Gasteiger partial charge on any atom is 0.416 e. The van der Waals surface area contributed by atoms with Gasteiger partial charge in [-0.15, -0.1) is 0 Å². The highest BCUT2D eigenvalue weighted by Crippen LogP contribution is 2.58. The summed E-state index contributed by atoms with van der Waals surface area (Å²) in [6.45, 7) is 37.7. The van der Waals surface area contributed by atoms with Crippen LogP contribution in [0.1, 0.15) is 128 Å². The first-order valence-electron chi connectivity index (χ1n) is 22.2. The third-order valence-corrected chi connectivity index (χ3v) is 16.3. The monoisotopic (exact) mass is 843 g/mol. The first kappa shape index (κ1) is 43.8. The van der Waals surface area contributed by atoms with E-state index in [-0.39, 0.29) is 5.56 Å². The van der Waals surface area contributed by atoms with E-state index >= 15 is 0 Å². The molecule has 3 nitrogen and oxygen atoms in total. The number of nitriles is 1. The Kier molecular flexibility index (Phi) is 10.4. The first-order valence-corrected chi connectivity index (χ1v) is 22.2. The van der Waals surface area contributed by atoms with Crippen molar-refractivity contribution in [1.82, 2.24) is 0 Å². The molecule has 0 spiro atoms. The van der Waals surface area contributed by atoms with Gasteiger partial charge in [0.05, 0.1) is 51.3 Å². The summed E-state index contributed by atoms with van der Waals surface area (Å²) in [5, 5.41) is 10.2. The molecule has 0 atom stereocenters. The minimum atomic E-state index is -4.65. The molecule has 2 heterocycles. The maximum atomic E-state index is 14.8. The van der Waals surface area contributed by atoms with E-state index in [4.69, 9.17) is 0 Å². The van der Waals surface area contributed by atoms with Crippen molar-refractivity contribution < 1.29 is 13.2 Å². The Hall–Kier alpha value is -5.80. The average Bonchev–Trinajstić information content (AvgIpc) is 3.26. The number of halogens is 3. The molecule has 0 fully saturated rings. The molecule has 0 amide bonds. The number of alkyl halides is 3. The first-order chi connectivity index (χ1) is 29.5. The lowest BCUT2D eigenvalue weighted by molar-refractivity contribution is -0.137. The molecule has 2 aliphatic rings. The third-order valence-electron chi connectivity index (χ3n) is 16.3. The summed E-state index contributed by atoms with van der Waals surface area (Å²) >= 11 is 0. The Bertz CT molecular complexity index is 2940. The Morgan fingerprint density at radius 2 is 0.762 bits per heavy atom. The fourth-order valence-corrected chi connectivity index (χ4v) is 11.1. The van der Waals surface area contributed by atoms with Gasteiger partial charge in [-0.3, -0.25) is 0 Å². The molecule has 0 radical (unpaired) electrons. The van der Waals surface area contributed by atoms with Gasteiger partial charge in [-0.05, 0) is 264 Å². The van der Waals surface area contributed by atoms with Crippen LogP contribution in [-0.4, -0.2) is 0 Å². The normalized spacial score (nSPS) is 13.2. The van der Waals surface area contributed by atoms with Gasteiger partial charge in [0.25, 0.3) is 0 Å². The summed E-state index contributed by atoms with van der Waals surface area (Å²) in [4.78, 5) is 4.91. The molecular formula is C57H60F3N3. The minimum absolute atomic E-state index is 0.0308. The van der Waals surface area contributed by atoms with Crippen LogP contribution in [0.4, 0.5) is 47.3 Å². The number of hydrogen-bond donors (Lipinski definition) is 0. The second kappa shape index (κ2) is 14.9. The molecule has 63 heavy (non-hydrogen) atoms. The molecular weight excluding hydrogens is 784 g/mol. The summed E-state index contributed by atoms with van der Waals surface area (Å²) in [5.74, 6) is 0. The number of hydrogen-bond acceptors (Lipinski definition) is 3. The largest absolute Gasteiger partial charge is 0.416 e. The molecule has 0 unspecified atom stereocenters. The van der Waals surface area contributed by atoms with Crippen molar-refractivity contribution in [1.29, 1.82) is 5.26 Å². The summed E-state index contributed by atoms with van der Waals surface area (Å²) < 4.78 is 44.4. The van der Waals surface area contributed by atoms with Gasteiger partial charge in [0.1, 0.15) is 0 Å². The van der Waals surface area contributed by atoms with Crippen LogP contribution in [0.5, 0.6) is 0 Å². The SMILES string of the molecule is Cc1c(C)c(C)c2c(c1C)Cc1c(C)c(C)c(C)c(C)c1N2c1ccc(-c2cc(C#N)cc(C(F)(F)F)c2)c(N2c3c(C)c(C)c(C)c(C)c3Cc3c(C)c(C)c(C)c(C)c32)c1C. The van der Waals surface area contributed by atoms with Gasteiger partial charge in [-0.2, -0.15) is 18.4 Å². The third kappa shape index (κ3) is 6.20. The Balaban J connectivity index is 1.62. The average molecular weight is 844 g/mol. The second-order valence-corrected chi connectivity index (χ2v) is 18.8. The van der Waals surface area contributed by atoms with Gasteiger partial charge < -0.3 is 9.80 Å². The van der Waals surface area contributed by atoms with Crippen LogP contribution in [0.3, 0.4) is 0 Å². The lowest BCUT2D eigenvalue weighted by Crippen LogP contribution is -2.27. The molecule has 0 aromatic heterocycles. The van der Waals surface area contributed by atoms with Crippen LogP contribution < -0.4 is 9.80 Å². The molecule has 2 aliphatic heterocycles. The molecule has 0 bridgehead atoms. The highest BCUT2D eigenvalue weighted by atomic mass is 19.4. The van der Waals surface area contributed by atoms with E-state index < -0.39 is 11.7 Å². The van der Waals surface area contributed by atoms with Crippen LogP contribution in [-0.2, 0) is 19.0 Å². The number of nitrogens with zero attached hydrogens (tertiary/aromatic N) is 3. The predicted octanol–water partition coefficient (Wildman–Crippen LogP) is 16.2. The zero-order chi connectivity index (χ0) is 46.2. The van der Waals surface area contributed by atoms with Crippen LogP contribution >= 0.6 is 0 Å². The van der Waals surface area contributed by atoms with E-state index in [1.165, 1.54) is 118 Å². The van der Waals surface area contributed by atoms with E-state index in [1.807, 2.05) is 6.07 Å². The number of anilines is 6. The van der Waals surface area contributed by atoms with E-state index in [9.17, 15) is 18.4 Å².